The number of benzene rings is 2. The molecule has 4 nitrogen and oxygen atoms in total. The van der Waals surface area contributed by atoms with Crippen LogP contribution in [0, 0.1) is 18.6 Å². The highest BCUT2D eigenvalue weighted by Gasteiger charge is 2.18. The topological polar surface area (TPSA) is 60.7 Å². The van der Waals surface area contributed by atoms with Crippen molar-refractivity contribution in [2.24, 2.45) is 0 Å². The highest BCUT2D eigenvalue weighted by Crippen LogP contribution is 2.31. The molecule has 1 heterocycles. The second kappa shape index (κ2) is 4.89. The van der Waals surface area contributed by atoms with Gasteiger partial charge in [-0.05, 0) is 24.6 Å². The molecule has 108 valence electrons. The molecule has 0 unspecified atom stereocenters. The molecule has 3 N–H and O–H groups in total. The molecule has 0 aliphatic rings. The molecule has 3 rings (SSSR count). The molecule has 0 amide bonds. The summed E-state index contributed by atoms with van der Waals surface area (Å²) in [6.07, 6.45) is 0. The van der Waals surface area contributed by atoms with Crippen molar-refractivity contribution < 1.29 is 8.78 Å². The van der Waals surface area contributed by atoms with Crippen LogP contribution in [0.4, 0.5) is 20.2 Å². The number of hydrogen-bond donors (Lipinski definition) is 3. The molecule has 7 heteroatoms. The number of anilines is 2. The van der Waals surface area contributed by atoms with Crippen molar-refractivity contribution in [2.75, 3.05) is 5.32 Å². The van der Waals surface area contributed by atoms with E-state index in [4.69, 9.17) is 11.6 Å². The summed E-state index contributed by atoms with van der Waals surface area (Å²) in [5, 5.41) is 7.83. The zero-order valence-corrected chi connectivity index (χ0v) is 11.6. The van der Waals surface area contributed by atoms with E-state index in [0.29, 0.717) is 10.7 Å². The minimum atomic E-state index is -1.13. The fourth-order valence-corrected chi connectivity index (χ4v) is 2.40. The van der Waals surface area contributed by atoms with Crippen molar-refractivity contribution in [1.82, 2.24) is 10.2 Å². The predicted molar refractivity (Wildman–Crippen MR) is 78.3 cm³/mol. The lowest BCUT2D eigenvalue weighted by Gasteiger charge is -2.11. The molecule has 21 heavy (non-hydrogen) atoms. The monoisotopic (exact) mass is 309 g/mol. The maximum Gasteiger partial charge on any atom is 0.274 e. The molecule has 0 aliphatic carbocycles. The third-order valence-corrected chi connectivity index (χ3v) is 3.45. The molecule has 0 spiro atoms. The van der Waals surface area contributed by atoms with Crippen molar-refractivity contribution in [3.8, 4) is 0 Å². The summed E-state index contributed by atoms with van der Waals surface area (Å²) in [6, 6.07) is 6.00. The van der Waals surface area contributed by atoms with Crippen molar-refractivity contribution >= 4 is 33.9 Å². The number of fused-ring (bicyclic) bond motifs is 1. The second-order valence-corrected chi connectivity index (χ2v) is 5.06. The van der Waals surface area contributed by atoms with Crippen LogP contribution in [-0.4, -0.2) is 10.2 Å². The SMILES string of the molecule is Cc1ccc(Nc2c(F)c(F)cc3[nH][nH]c(=O)c23)c(Cl)c1. The molecular weight excluding hydrogens is 300 g/mol. The Bertz CT molecular complexity index is 901. The van der Waals surface area contributed by atoms with Crippen LogP contribution in [0.2, 0.25) is 5.02 Å². The zero-order chi connectivity index (χ0) is 15.1. The molecule has 0 atom stereocenters. The molecule has 0 saturated heterocycles. The predicted octanol–water partition coefficient (Wildman–Crippen LogP) is 3.84. The summed E-state index contributed by atoms with van der Waals surface area (Å²) < 4.78 is 27.6. The van der Waals surface area contributed by atoms with E-state index in [9.17, 15) is 13.6 Å². The Labute approximate surface area is 122 Å². The van der Waals surface area contributed by atoms with E-state index in [1.165, 1.54) is 0 Å². The molecule has 3 aromatic rings. The van der Waals surface area contributed by atoms with E-state index in [2.05, 4.69) is 15.5 Å². The first-order valence-electron chi connectivity index (χ1n) is 6.09. The van der Waals surface area contributed by atoms with Crippen molar-refractivity contribution in [1.29, 1.82) is 0 Å². The first kappa shape index (κ1) is 13.6. The molecular formula is C14H10ClF2N3O. The fourth-order valence-electron chi connectivity index (χ4n) is 2.12. The third-order valence-electron chi connectivity index (χ3n) is 3.14. The van der Waals surface area contributed by atoms with Crippen LogP contribution >= 0.6 is 11.6 Å². The van der Waals surface area contributed by atoms with Crippen molar-refractivity contribution in [3.05, 3.63) is 56.8 Å². The summed E-state index contributed by atoms with van der Waals surface area (Å²) in [5.41, 5.74) is 0.682. The van der Waals surface area contributed by atoms with Crippen LogP contribution in [0.3, 0.4) is 0 Å². The molecule has 1 aromatic heterocycles. The van der Waals surface area contributed by atoms with Gasteiger partial charge in [0.15, 0.2) is 11.6 Å². The average molecular weight is 310 g/mol. The van der Waals surface area contributed by atoms with Gasteiger partial charge < -0.3 is 5.32 Å². The molecule has 0 radical (unpaired) electrons. The van der Waals surface area contributed by atoms with Gasteiger partial charge in [0.25, 0.3) is 5.56 Å². The maximum absolute atomic E-state index is 14.0. The normalized spacial score (nSPS) is 11.0. The Hall–Kier alpha value is -2.34. The van der Waals surface area contributed by atoms with Gasteiger partial charge >= 0.3 is 0 Å². The third kappa shape index (κ3) is 2.27. The molecule has 0 fully saturated rings. The first-order chi connectivity index (χ1) is 9.97. The van der Waals surface area contributed by atoms with Crippen LogP contribution in [0.25, 0.3) is 10.9 Å². The Morgan fingerprint density at radius 2 is 1.95 bits per heavy atom. The summed E-state index contributed by atoms with van der Waals surface area (Å²) in [6.45, 7) is 1.85. The number of hydrogen-bond acceptors (Lipinski definition) is 2. The van der Waals surface area contributed by atoms with Crippen LogP contribution in [0.15, 0.2) is 29.1 Å². The average Bonchev–Trinajstić information content (AvgIpc) is 2.78. The summed E-state index contributed by atoms with van der Waals surface area (Å²) >= 11 is 6.06. The number of aryl methyl sites for hydroxylation is 1. The Kier molecular flexibility index (Phi) is 3.17. The minimum absolute atomic E-state index is 0.00513. The van der Waals surface area contributed by atoms with Crippen LogP contribution in [0.1, 0.15) is 5.56 Å². The number of aromatic nitrogens is 2. The zero-order valence-electron chi connectivity index (χ0n) is 10.9. The summed E-state index contributed by atoms with van der Waals surface area (Å²) in [5.74, 6) is -2.20. The number of nitrogens with one attached hydrogen (secondary N) is 3. The molecule has 0 saturated carbocycles. The smallest absolute Gasteiger partial charge is 0.274 e. The van der Waals surface area contributed by atoms with Crippen LogP contribution in [0.5, 0.6) is 0 Å². The van der Waals surface area contributed by atoms with E-state index in [-0.39, 0.29) is 16.6 Å². The quantitative estimate of drug-likeness (QED) is 0.673. The fraction of sp³-hybridized carbons (Fsp3) is 0.0714. The minimum Gasteiger partial charge on any atom is -0.351 e. The Balaban J connectivity index is 2.22. The lowest BCUT2D eigenvalue weighted by molar-refractivity contribution is 0.513. The van der Waals surface area contributed by atoms with Gasteiger partial charge in [-0.3, -0.25) is 15.0 Å². The van der Waals surface area contributed by atoms with Crippen LogP contribution < -0.4 is 10.9 Å². The lowest BCUT2D eigenvalue weighted by Crippen LogP contribution is -2.05. The van der Waals surface area contributed by atoms with Gasteiger partial charge in [-0.1, -0.05) is 17.7 Å². The number of H-pyrrole nitrogens is 2. The molecule has 0 aliphatic heterocycles. The van der Waals surface area contributed by atoms with Gasteiger partial charge in [-0.2, -0.15) is 0 Å². The molecule has 2 aromatic carbocycles. The van der Waals surface area contributed by atoms with Gasteiger partial charge in [-0.25, -0.2) is 8.78 Å². The number of rotatable bonds is 2. The highest BCUT2D eigenvalue weighted by atomic mass is 35.5. The van der Waals surface area contributed by atoms with Crippen molar-refractivity contribution in [2.45, 2.75) is 6.92 Å². The van der Waals surface area contributed by atoms with Gasteiger partial charge in [0.05, 0.1) is 27.3 Å². The van der Waals surface area contributed by atoms with E-state index in [1.807, 2.05) is 6.92 Å². The Morgan fingerprint density at radius 1 is 1.19 bits per heavy atom. The maximum atomic E-state index is 14.0. The second-order valence-electron chi connectivity index (χ2n) is 4.66. The Morgan fingerprint density at radius 3 is 2.67 bits per heavy atom. The van der Waals surface area contributed by atoms with Crippen LogP contribution in [-0.2, 0) is 0 Å². The number of halogens is 3. The lowest BCUT2D eigenvalue weighted by atomic mass is 10.1. The van der Waals surface area contributed by atoms with E-state index in [0.717, 1.165) is 11.6 Å². The van der Waals surface area contributed by atoms with Crippen molar-refractivity contribution in [3.63, 3.8) is 0 Å². The standard InChI is InChI=1S/C14H10ClF2N3O/c1-6-2-3-9(7(15)4-6)18-13-11-10(19-20-14(11)21)5-8(16)12(13)17/h2-5,18H,1H3,(H2,19,20,21). The van der Waals surface area contributed by atoms with Gasteiger partial charge in [-0.15, -0.1) is 0 Å². The van der Waals surface area contributed by atoms with E-state index >= 15 is 0 Å². The van der Waals surface area contributed by atoms with Gasteiger partial charge in [0.2, 0.25) is 0 Å². The summed E-state index contributed by atoms with van der Waals surface area (Å²) in [7, 11) is 0. The van der Waals surface area contributed by atoms with E-state index in [1.54, 1.807) is 18.2 Å². The molecule has 0 bridgehead atoms. The highest BCUT2D eigenvalue weighted by molar-refractivity contribution is 6.33. The first-order valence-corrected chi connectivity index (χ1v) is 6.46. The summed E-state index contributed by atoms with van der Waals surface area (Å²) in [4.78, 5) is 11.7. The van der Waals surface area contributed by atoms with Gasteiger partial charge in [0, 0.05) is 6.07 Å². The van der Waals surface area contributed by atoms with E-state index < -0.39 is 17.2 Å². The number of aromatic amines is 2. The van der Waals surface area contributed by atoms with Gasteiger partial charge in [0.1, 0.15) is 0 Å². The largest absolute Gasteiger partial charge is 0.351 e.